The first kappa shape index (κ1) is 30.4. The monoisotopic (exact) mass is 638 g/mol. The van der Waals surface area contributed by atoms with Crippen molar-refractivity contribution in [2.24, 2.45) is 5.41 Å². The topological polar surface area (TPSA) is 104 Å². The van der Waals surface area contributed by atoms with E-state index in [0.717, 1.165) is 37.9 Å². The molecular weight excluding hydrogens is 604 g/mol. The van der Waals surface area contributed by atoms with Gasteiger partial charge >= 0.3 is 6.01 Å². The normalized spacial score (nSPS) is 24.4. The minimum Gasteiger partial charge on any atom is -0.508 e. The molecule has 3 unspecified atom stereocenters. The number of benzene rings is 2. The van der Waals surface area contributed by atoms with Gasteiger partial charge in [0.15, 0.2) is 17.5 Å². The molecule has 1 amide bonds. The number of halogens is 4. The number of nitrogens with zero attached hydrogens (tertiary/aromatic N) is 5. The zero-order chi connectivity index (χ0) is 32.2. The maximum absolute atomic E-state index is 16.1. The number of aromatic nitrogens is 3. The van der Waals surface area contributed by atoms with Crippen LogP contribution in [0.25, 0.3) is 32.9 Å². The fourth-order valence-corrected chi connectivity index (χ4v) is 7.56. The van der Waals surface area contributed by atoms with Crippen LogP contribution in [0.5, 0.6) is 11.8 Å². The highest BCUT2D eigenvalue weighted by molar-refractivity contribution is 6.00. The van der Waals surface area contributed by atoms with Crippen molar-refractivity contribution in [3.05, 3.63) is 47.9 Å². The van der Waals surface area contributed by atoms with E-state index in [1.807, 2.05) is 4.90 Å². The number of nitrogens with one attached hydrogen (secondary N) is 1. The van der Waals surface area contributed by atoms with Gasteiger partial charge in [-0.15, -0.1) is 0 Å². The third-order valence-electron chi connectivity index (χ3n) is 9.69. The lowest BCUT2D eigenvalue weighted by molar-refractivity contribution is -0.119. The summed E-state index contributed by atoms with van der Waals surface area (Å²) in [5, 5.41) is 13.4. The number of hydrogen-bond donors (Lipinski definition) is 2. The molecule has 2 N–H and O–H groups in total. The molecule has 0 aliphatic carbocycles. The second-order valence-electron chi connectivity index (χ2n) is 12.8. The van der Waals surface area contributed by atoms with Gasteiger partial charge in [-0.2, -0.15) is 9.97 Å². The number of carbonyl (C=O) groups excluding carboxylic acids is 1. The summed E-state index contributed by atoms with van der Waals surface area (Å²) in [5.74, 6) is -3.00. The van der Waals surface area contributed by atoms with Crippen LogP contribution < -0.4 is 15.0 Å². The summed E-state index contributed by atoms with van der Waals surface area (Å²) in [6.45, 7) is 3.59. The van der Waals surface area contributed by atoms with Crippen molar-refractivity contribution in [1.29, 1.82) is 0 Å². The van der Waals surface area contributed by atoms with Crippen LogP contribution in [0.2, 0.25) is 0 Å². The fraction of sp³-hybridized carbons (Fsp3) is 0.455. The number of phenolic OH excluding ortho intramolecular Hbond substituents is 1. The van der Waals surface area contributed by atoms with Gasteiger partial charge in [-0.3, -0.25) is 14.7 Å². The summed E-state index contributed by atoms with van der Waals surface area (Å²) in [6, 6.07) is 5.18. The molecule has 46 heavy (non-hydrogen) atoms. The minimum absolute atomic E-state index is 0.00587. The Kier molecular flexibility index (Phi) is 7.82. The first-order valence-corrected chi connectivity index (χ1v) is 15.6. The number of amides is 1. The van der Waals surface area contributed by atoms with E-state index in [1.54, 1.807) is 0 Å². The van der Waals surface area contributed by atoms with Crippen LogP contribution in [0.15, 0.2) is 30.5 Å². The number of ether oxygens (including phenoxy) is 1. The van der Waals surface area contributed by atoms with E-state index in [4.69, 9.17) is 4.74 Å². The first-order valence-electron chi connectivity index (χ1n) is 15.6. The summed E-state index contributed by atoms with van der Waals surface area (Å²) in [4.78, 5) is 29.2. The van der Waals surface area contributed by atoms with Gasteiger partial charge in [-0.05, 0) is 62.2 Å². The molecule has 4 aliphatic rings. The fourth-order valence-electron chi connectivity index (χ4n) is 7.56. The van der Waals surface area contributed by atoms with Crippen molar-refractivity contribution in [2.75, 3.05) is 44.7 Å². The molecule has 4 fully saturated rings. The second kappa shape index (κ2) is 11.8. The number of aromatic hydroxyl groups is 1. The minimum atomic E-state index is -1.17. The average molecular weight is 639 g/mol. The molecule has 3 atom stereocenters. The number of pyridine rings is 1. The SMILES string of the molecule is COc1nc(N2CCCC3(CNC(=O)C3)C2)c2cnc(-c3cc(O)cc4ccc(F)c(F)c34)c(F)c2n1.FC1CC2CCCN2C1. The zero-order valence-electron chi connectivity index (χ0n) is 25.3. The maximum atomic E-state index is 16.1. The summed E-state index contributed by atoms with van der Waals surface area (Å²) >= 11 is 0. The standard InChI is InChI=1S/C26H22F3N5O3.C7H12FN/c1-37-25-32-23-16(24(33-25)34-6-2-5-26(12-34)9-18(36)31-11-26)10-30-22(21(23)29)15-8-14(35)7-13-3-4-17(27)20(28)19(13)15;8-6-4-7-2-1-3-9(7)5-6/h3-4,7-8,10,35H,2,5-6,9,11-12H2,1H3,(H,31,36);6-7H,1-5H2. The summed E-state index contributed by atoms with van der Waals surface area (Å²) < 4.78 is 62.9. The maximum Gasteiger partial charge on any atom is 0.318 e. The van der Waals surface area contributed by atoms with Gasteiger partial charge in [0.05, 0.1) is 12.5 Å². The Morgan fingerprint density at radius 3 is 2.72 bits per heavy atom. The number of methoxy groups -OCH3 is 1. The van der Waals surface area contributed by atoms with E-state index in [-0.39, 0.29) is 50.6 Å². The molecule has 2 aromatic carbocycles. The summed E-state index contributed by atoms with van der Waals surface area (Å²) in [5.41, 5.74) is -0.767. The third-order valence-corrected chi connectivity index (χ3v) is 9.69. The number of piperidine rings is 1. The van der Waals surface area contributed by atoms with Gasteiger partial charge in [0.1, 0.15) is 28.9 Å². The molecule has 6 heterocycles. The predicted octanol–water partition coefficient (Wildman–Crippen LogP) is 5.28. The number of carbonyl (C=O) groups is 1. The van der Waals surface area contributed by atoms with Gasteiger partial charge < -0.3 is 20.1 Å². The van der Waals surface area contributed by atoms with Gasteiger partial charge in [-0.1, -0.05) is 6.07 Å². The second-order valence-corrected chi connectivity index (χ2v) is 12.8. The number of rotatable bonds is 3. The Morgan fingerprint density at radius 1 is 1.11 bits per heavy atom. The molecule has 13 heteroatoms. The predicted molar refractivity (Wildman–Crippen MR) is 164 cm³/mol. The molecule has 2 aromatic heterocycles. The zero-order valence-corrected chi connectivity index (χ0v) is 25.3. The Hall–Kier alpha value is -4.26. The number of hydrogen-bond acceptors (Lipinski definition) is 8. The lowest BCUT2D eigenvalue weighted by Gasteiger charge is -2.40. The smallest absolute Gasteiger partial charge is 0.318 e. The van der Waals surface area contributed by atoms with Crippen molar-refractivity contribution in [2.45, 2.75) is 50.7 Å². The van der Waals surface area contributed by atoms with E-state index in [1.165, 1.54) is 38.3 Å². The molecule has 9 nitrogen and oxygen atoms in total. The van der Waals surface area contributed by atoms with Crippen molar-refractivity contribution >= 4 is 33.4 Å². The van der Waals surface area contributed by atoms with Crippen molar-refractivity contribution in [3.8, 4) is 23.0 Å². The van der Waals surface area contributed by atoms with Crippen LogP contribution in [0, 0.1) is 22.9 Å². The Labute approximate surface area is 262 Å². The lowest BCUT2D eigenvalue weighted by Crippen LogP contribution is -2.45. The van der Waals surface area contributed by atoms with Gasteiger partial charge in [0.2, 0.25) is 5.91 Å². The number of phenols is 1. The number of fused-ring (bicyclic) bond motifs is 3. The van der Waals surface area contributed by atoms with Crippen LogP contribution in [0.4, 0.5) is 23.4 Å². The Balaban J connectivity index is 0.000000321. The highest BCUT2D eigenvalue weighted by Crippen LogP contribution is 2.41. The van der Waals surface area contributed by atoms with Crippen LogP contribution in [-0.4, -0.2) is 82.9 Å². The van der Waals surface area contributed by atoms with Gasteiger partial charge in [-0.25, -0.2) is 17.6 Å². The van der Waals surface area contributed by atoms with Gasteiger partial charge in [0, 0.05) is 61.2 Å². The van der Waals surface area contributed by atoms with Crippen LogP contribution >= 0.6 is 0 Å². The molecule has 0 radical (unpaired) electrons. The first-order chi connectivity index (χ1) is 22.1. The highest BCUT2D eigenvalue weighted by Gasteiger charge is 2.42. The summed E-state index contributed by atoms with van der Waals surface area (Å²) in [6.07, 6.45) is 6.30. The van der Waals surface area contributed by atoms with E-state index >= 15 is 4.39 Å². The lowest BCUT2D eigenvalue weighted by atomic mass is 9.79. The van der Waals surface area contributed by atoms with E-state index in [2.05, 4.69) is 25.2 Å². The molecule has 4 saturated heterocycles. The molecule has 0 bridgehead atoms. The van der Waals surface area contributed by atoms with Crippen molar-refractivity contribution < 1.29 is 32.2 Å². The Morgan fingerprint density at radius 2 is 1.96 bits per heavy atom. The molecular formula is C33H34F4N6O3. The van der Waals surface area contributed by atoms with Crippen LogP contribution in [0.1, 0.15) is 38.5 Å². The van der Waals surface area contributed by atoms with E-state index in [0.29, 0.717) is 49.8 Å². The molecule has 4 aromatic rings. The van der Waals surface area contributed by atoms with Crippen molar-refractivity contribution in [1.82, 2.24) is 25.2 Å². The average Bonchev–Trinajstić information content (AvgIpc) is 3.73. The number of alkyl halides is 1. The Bertz CT molecular complexity index is 1830. The molecule has 1 spiro atoms. The van der Waals surface area contributed by atoms with Crippen LogP contribution in [0.3, 0.4) is 0 Å². The third kappa shape index (κ3) is 5.44. The highest BCUT2D eigenvalue weighted by atomic mass is 19.2. The molecule has 0 saturated carbocycles. The molecule has 242 valence electrons. The van der Waals surface area contributed by atoms with Gasteiger partial charge in [0.25, 0.3) is 0 Å². The summed E-state index contributed by atoms with van der Waals surface area (Å²) in [7, 11) is 1.36. The van der Waals surface area contributed by atoms with Crippen LogP contribution in [-0.2, 0) is 4.79 Å². The van der Waals surface area contributed by atoms with E-state index in [9.17, 15) is 23.1 Å². The quantitative estimate of drug-likeness (QED) is 0.293. The molecule has 8 rings (SSSR count). The van der Waals surface area contributed by atoms with Crippen molar-refractivity contribution in [3.63, 3.8) is 0 Å². The molecule has 4 aliphatic heterocycles. The van der Waals surface area contributed by atoms with E-state index < -0.39 is 23.6 Å². The largest absolute Gasteiger partial charge is 0.508 e. The number of anilines is 1.